The normalized spacial score (nSPS) is 17.8. The number of aryl methyl sites for hydroxylation is 2. The number of benzene rings is 1. The predicted molar refractivity (Wildman–Crippen MR) is 84.2 cm³/mol. The molecule has 21 heavy (non-hydrogen) atoms. The molecule has 1 aromatic carbocycles. The molecule has 1 aliphatic heterocycles. The molecular weight excluding hydrogens is 284 g/mol. The van der Waals surface area contributed by atoms with Gasteiger partial charge >= 0.3 is 0 Å². The van der Waals surface area contributed by atoms with Crippen molar-refractivity contribution in [2.45, 2.75) is 30.2 Å². The van der Waals surface area contributed by atoms with Gasteiger partial charge in [0, 0.05) is 17.4 Å². The zero-order valence-corrected chi connectivity index (χ0v) is 12.5. The molecule has 0 fully saturated rings. The molecule has 0 saturated carbocycles. The second kappa shape index (κ2) is 5.73. The van der Waals surface area contributed by atoms with Gasteiger partial charge in [0.25, 0.3) is 0 Å². The van der Waals surface area contributed by atoms with E-state index in [0.29, 0.717) is 11.0 Å². The highest BCUT2D eigenvalue weighted by molar-refractivity contribution is 8.00. The van der Waals surface area contributed by atoms with E-state index in [1.54, 1.807) is 6.07 Å². The van der Waals surface area contributed by atoms with Crippen LogP contribution in [0.2, 0.25) is 0 Å². The van der Waals surface area contributed by atoms with Crippen LogP contribution in [0.25, 0.3) is 0 Å². The van der Waals surface area contributed by atoms with Crippen LogP contribution < -0.4 is 11.1 Å². The number of carbonyl (C=O) groups is 1. The van der Waals surface area contributed by atoms with Gasteiger partial charge in [0.15, 0.2) is 5.16 Å². The van der Waals surface area contributed by atoms with Gasteiger partial charge in [-0.3, -0.25) is 4.79 Å². The Hall–Kier alpha value is -2.08. The van der Waals surface area contributed by atoms with Crippen molar-refractivity contribution in [2.24, 2.45) is 0 Å². The highest BCUT2D eigenvalue weighted by Gasteiger charge is 2.25. The minimum absolute atomic E-state index is 0.00590. The predicted octanol–water partition coefficient (Wildman–Crippen LogP) is 2.41. The highest BCUT2D eigenvalue weighted by Crippen LogP contribution is 2.30. The van der Waals surface area contributed by atoms with Gasteiger partial charge in [0.05, 0.1) is 5.25 Å². The summed E-state index contributed by atoms with van der Waals surface area (Å²) in [6, 6.07) is 9.61. The number of nitrogens with one attached hydrogen (secondary N) is 1. The van der Waals surface area contributed by atoms with E-state index in [9.17, 15) is 4.79 Å². The Kier molecular flexibility index (Phi) is 3.79. The van der Waals surface area contributed by atoms with Crippen molar-refractivity contribution in [1.29, 1.82) is 0 Å². The minimum Gasteiger partial charge on any atom is -0.384 e. The molecule has 0 spiro atoms. The lowest BCUT2D eigenvalue weighted by molar-refractivity contribution is -0.115. The Bertz CT molecular complexity index is 669. The molecule has 3 rings (SSSR count). The van der Waals surface area contributed by atoms with E-state index in [4.69, 9.17) is 5.73 Å². The molecule has 2 heterocycles. The number of nitrogen functional groups attached to an aromatic ring is 1. The molecular formula is C15H16N4OS. The van der Waals surface area contributed by atoms with Gasteiger partial charge in [-0.1, -0.05) is 30.0 Å². The fourth-order valence-corrected chi connectivity index (χ4v) is 3.36. The van der Waals surface area contributed by atoms with E-state index in [0.717, 1.165) is 24.2 Å². The maximum absolute atomic E-state index is 12.3. The maximum Gasteiger partial charge on any atom is 0.237 e. The lowest BCUT2D eigenvalue weighted by atomic mass is 10.1. The van der Waals surface area contributed by atoms with Crippen LogP contribution in [0.15, 0.2) is 35.5 Å². The lowest BCUT2D eigenvalue weighted by Crippen LogP contribution is -2.24. The van der Waals surface area contributed by atoms with Crippen LogP contribution in [0.5, 0.6) is 0 Å². The molecule has 0 aliphatic carbocycles. The van der Waals surface area contributed by atoms with Crippen LogP contribution in [-0.4, -0.2) is 21.1 Å². The fraction of sp³-hybridized carbons (Fsp3) is 0.267. The summed E-state index contributed by atoms with van der Waals surface area (Å²) in [6.07, 6.45) is 1.61. The number of nitrogens with zero attached hydrogens (tertiary/aromatic N) is 2. The summed E-state index contributed by atoms with van der Waals surface area (Å²) in [7, 11) is 0. The Morgan fingerprint density at radius 3 is 2.95 bits per heavy atom. The van der Waals surface area contributed by atoms with Gasteiger partial charge in [0.1, 0.15) is 5.82 Å². The summed E-state index contributed by atoms with van der Waals surface area (Å²) < 4.78 is 0. The van der Waals surface area contributed by atoms with Gasteiger partial charge in [0.2, 0.25) is 5.91 Å². The number of rotatable bonds is 2. The first-order valence-corrected chi connectivity index (χ1v) is 7.66. The monoisotopic (exact) mass is 300 g/mol. The first-order valence-electron chi connectivity index (χ1n) is 6.78. The van der Waals surface area contributed by atoms with Gasteiger partial charge in [-0.25, -0.2) is 9.97 Å². The quantitative estimate of drug-likeness (QED) is 0.832. The van der Waals surface area contributed by atoms with E-state index in [1.165, 1.54) is 17.3 Å². The number of thioether (sulfide) groups is 1. The summed E-state index contributed by atoms with van der Waals surface area (Å²) >= 11 is 1.37. The number of carbonyl (C=O) groups excluding carboxylic acids is 1. The van der Waals surface area contributed by atoms with Crippen LogP contribution in [-0.2, 0) is 11.2 Å². The lowest BCUT2D eigenvalue weighted by Gasteiger charge is -2.12. The van der Waals surface area contributed by atoms with Gasteiger partial charge in [-0.2, -0.15) is 0 Å². The minimum atomic E-state index is -0.210. The summed E-state index contributed by atoms with van der Waals surface area (Å²) in [4.78, 5) is 20.9. The smallest absolute Gasteiger partial charge is 0.237 e. The molecule has 2 aromatic rings. The van der Waals surface area contributed by atoms with Crippen molar-refractivity contribution < 1.29 is 4.79 Å². The van der Waals surface area contributed by atoms with E-state index < -0.39 is 0 Å². The third kappa shape index (κ3) is 3.16. The molecule has 1 aromatic heterocycles. The standard InChI is InChI=1S/C15H16N4OS/c1-9-8-13(16)19-15(17-9)21-12-7-6-10-4-2-3-5-11(10)18-14(12)20/h2-5,8,12H,6-7H2,1H3,(H,18,20)(H2,16,17,19)/t12-/m0/s1. The van der Waals surface area contributed by atoms with Gasteiger partial charge < -0.3 is 11.1 Å². The van der Waals surface area contributed by atoms with E-state index >= 15 is 0 Å². The Balaban J connectivity index is 1.79. The molecule has 108 valence electrons. The Labute approximate surface area is 127 Å². The molecule has 0 unspecified atom stereocenters. The number of hydrogen-bond donors (Lipinski definition) is 2. The van der Waals surface area contributed by atoms with Crippen LogP contribution in [0.3, 0.4) is 0 Å². The van der Waals surface area contributed by atoms with Crippen molar-refractivity contribution in [1.82, 2.24) is 9.97 Å². The van der Waals surface area contributed by atoms with Crippen molar-refractivity contribution >= 4 is 29.2 Å². The summed E-state index contributed by atoms with van der Waals surface area (Å²) in [5.41, 5.74) is 8.61. The second-order valence-electron chi connectivity index (χ2n) is 5.01. The molecule has 1 aliphatic rings. The number of fused-ring (bicyclic) bond motifs is 1. The van der Waals surface area contributed by atoms with Gasteiger partial charge in [-0.05, 0) is 31.4 Å². The maximum atomic E-state index is 12.3. The average molecular weight is 300 g/mol. The van der Waals surface area contributed by atoms with Crippen LogP contribution >= 0.6 is 11.8 Å². The molecule has 1 amide bonds. The van der Waals surface area contributed by atoms with Crippen LogP contribution in [0.1, 0.15) is 17.7 Å². The highest BCUT2D eigenvalue weighted by atomic mass is 32.2. The Morgan fingerprint density at radius 1 is 1.33 bits per heavy atom. The number of anilines is 2. The van der Waals surface area contributed by atoms with E-state index in [-0.39, 0.29) is 11.2 Å². The number of nitrogens with two attached hydrogens (primary N) is 1. The van der Waals surface area contributed by atoms with Crippen LogP contribution in [0, 0.1) is 6.92 Å². The van der Waals surface area contributed by atoms with Crippen molar-refractivity contribution in [3.05, 3.63) is 41.6 Å². The topological polar surface area (TPSA) is 80.9 Å². The zero-order valence-electron chi connectivity index (χ0n) is 11.7. The molecule has 6 heteroatoms. The average Bonchev–Trinajstić information content (AvgIpc) is 2.58. The fourth-order valence-electron chi connectivity index (χ4n) is 2.35. The third-order valence-corrected chi connectivity index (χ3v) is 4.47. The molecule has 0 radical (unpaired) electrons. The first kappa shape index (κ1) is 13.9. The van der Waals surface area contributed by atoms with E-state index in [2.05, 4.69) is 15.3 Å². The largest absolute Gasteiger partial charge is 0.384 e. The summed E-state index contributed by atoms with van der Waals surface area (Å²) in [5.74, 6) is 0.427. The van der Waals surface area contributed by atoms with Crippen LogP contribution in [0.4, 0.5) is 11.5 Å². The van der Waals surface area contributed by atoms with Crippen molar-refractivity contribution in [3.8, 4) is 0 Å². The molecule has 0 bridgehead atoms. The zero-order chi connectivity index (χ0) is 14.8. The number of hydrogen-bond acceptors (Lipinski definition) is 5. The number of aromatic nitrogens is 2. The number of amides is 1. The van der Waals surface area contributed by atoms with Crippen molar-refractivity contribution in [3.63, 3.8) is 0 Å². The Morgan fingerprint density at radius 2 is 2.14 bits per heavy atom. The van der Waals surface area contributed by atoms with Gasteiger partial charge in [-0.15, -0.1) is 0 Å². The SMILES string of the molecule is Cc1cc(N)nc(S[C@H]2CCc3ccccc3NC2=O)n1. The third-order valence-electron chi connectivity index (χ3n) is 3.34. The molecule has 1 atom stereocenters. The number of para-hydroxylation sites is 1. The first-order chi connectivity index (χ1) is 10.1. The van der Waals surface area contributed by atoms with E-state index in [1.807, 2.05) is 31.2 Å². The summed E-state index contributed by atoms with van der Waals surface area (Å²) in [5, 5.41) is 3.32. The molecule has 3 N–H and O–H groups in total. The summed E-state index contributed by atoms with van der Waals surface area (Å²) in [6.45, 7) is 1.87. The molecule has 0 saturated heterocycles. The second-order valence-corrected chi connectivity index (χ2v) is 6.18. The molecule has 5 nitrogen and oxygen atoms in total. The van der Waals surface area contributed by atoms with Crippen molar-refractivity contribution in [2.75, 3.05) is 11.1 Å².